The molecule has 17 heavy (non-hydrogen) atoms. The van der Waals surface area contributed by atoms with E-state index in [1.165, 1.54) is 0 Å². The molecule has 1 aromatic carbocycles. The lowest BCUT2D eigenvalue weighted by Gasteiger charge is -2.27. The molecule has 0 aliphatic rings. The van der Waals surface area contributed by atoms with Crippen molar-refractivity contribution in [1.29, 1.82) is 0 Å². The van der Waals surface area contributed by atoms with E-state index in [-0.39, 0.29) is 6.10 Å². The second-order valence-electron chi connectivity index (χ2n) is 4.69. The summed E-state index contributed by atoms with van der Waals surface area (Å²) in [6.45, 7) is 5.34. The third-order valence-electron chi connectivity index (χ3n) is 2.68. The lowest BCUT2D eigenvalue weighted by atomic mass is 9.96. The molecule has 0 spiro atoms. The van der Waals surface area contributed by atoms with Gasteiger partial charge in [-0.1, -0.05) is 30.3 Å². The molecule has 0 bridgehead atoms. The quantitative estimate of drug-likeness (QED) is 0.826. The van der Waals surface area contributed by atoms with Crippen LogP contribution in [0.15, 0.2) is 30.3 Å². The van der Waals surface area contributed by atoms with Crippen molar-refractivity contribution < 1.29 is 14.6 Å². The van der Waals surface area contributed by atoms with E-state index in [0.29, 0.717) is 12.8 Å². The molecule has 0 amide bonds. The number of hydrogen-bond acceptors (Lipinski definition) is 2. The molecule has 0 aromatic heterocycles. The number of aliphatic carboxylic acids is 1. The van der Waals surface area contributed by atoms with Gasteiger partial charge in [-0.2, -0.15) is 0 Å². The van der Waals surface area contributed by atoms with Gasteiger partial charge in [-0.15, -0.1) is 0 Å². The Morgan fingerprint density at radius 3 is 2.41 bits per heavy atom. The second kappa shape index (κ2) is 5.82. The molecule has 0 fully saturated rings. The number of carboxylic acid groups (broad SMARTS) is 1. The Morgan fingerprint density at radius 2 is 1.94 bits per heavy atom. The third kappa shape index (κ3) is 4.19. The standard InChI is InChI=1S/C14H20O3/c1-11(2)17-14(3,13(15)16)10-9-12-7-5-4-6-8-12/h4-8,11H,9-10H2,1-3H3,(H,15,16). The average molecular weight is 236 g/mol. The van der Waals surface area contributed by atoms with Crippen molar-refractivity contribution in [3.63, 3.8) is 0 Å². The van der Waals surface area contributed by atoms with Crippen molar-refractivity contribution in [3.05, 3.63) is 35.9 Å². The number of carbonyl (C=O) groups is 1. The Bertz CT molecular complexity index is 359. The molecule has 3 heteroatoms. The van der Waals surface area contributed by atoms with Crippen LogP contribution < -0.4 is 0 Å². The van der Waals surface area contributed by atoms with E-state index in [4.69, 9.17) is 4.74 Å². The summed E-state index contributed by atoms with van der Waals surface area (Å²) in [6.07, 6.45) is 1.09. The first-order chi connectivity index (χ1) is 7.94. The van der Waals surface area contributed by atoms with Gasteiger partial charge >= 0.3 is 5.97 Å². The van der Waals surface area contributed by atoms with Gasteiger partial charge in [-0.25, -0.2) is 4.79 Å². The number of hydrogen-bond donors (Lipinski definition) is 1. The molecule has 1 N–H and O–H groups in total. The summed E-state index contributed by atoms with van der Waals surface area (Å²) < 4.78 is 5.52. The molecule has 1 rings (SSSR count). The highest BCUT2D eigenvalue weighted by molar-refractivity contribution is 5.76. The fourth-order valence-corrected chi connectivity index (χ4v) is 1.76. The summed E-state index contributed by atoms with van der Waals surface area (Å²) in [7, 11) is 0. The van der Waals surface area contributed by atoms with E-state index in [2.05, 4.69) is 0 Å². The predicted molar refractivity (Wildman–Crippen MR) is 67.0 cm³/mol. The van der Waals surface area contributed by atoms with E-state index < -0.39 is 11.6 Å². The smallest absolute Gasteiger partial charge is 0.335 e. The number of rotatable bonds is 6. The van der Waals surface area contributed by atoms with Crippen LogP contribution in [-0.4, -0.2) is 22.8 Å². The van der Waals surface area contributed by atoms with Crippen LogP contribution in [0.25, 0.3) is 0 Å². The van der Waals surface area contributed by atoms with Crippen LogP contribution in [0.4, 0.5) is 0 Å². The molecule has 0 saturated carbocycles. The summed E-state index contributed by atoms with van der Waals surface area (Å²) in [4.78, 5) is 11.3. The zero-order valence-corrected chi connectivity index (χ0v) is 10.6. The molecule has 0 heterocycles. The van der Waals surface area contributed by atoms with Crippen LogP contribution in [0, 0.1) is 0 Å². The van der Waals surface area contributed by atoms with E-state index in [9.17, 15) is 9.90 Å². The van der Waals surface area contributed by atoms with Crippen molar-refractivity contribution in [2.45, 2.75) is 45.3 Å². The zero-order valence-electron chi connectivity index (χ0n) is 10.6. The molecule has 0 aliphatic carbocycles. The van der Waals surface area contributed by atoms with Crippen molar-refractivity contribution in [2.24, 2.45) is 0 Å². The average Bonchev–Trinajstić information content (AvgIpc) is 2.27. The topological polar surface area (TPSA) is 46.5 Å². The Hall–Kier alpha value is -1.35. The number of ether oxygens (including phenoxy) is 1. The Labute approximate surface area is 102 Å². The molecule has 94 valence electrons. The van der Waals surface area contributed by atoms with Crippen LogP contribution in [0.3, 0.4) is 0 Å². The van der Waals surface area contributed by atoms with Gasteiger partial charge in [-0.3, -0.25) is 0 Å². The van der Waals surface area contributed by atoms with Crippen molar-refractivity contribution in [3.8, 4) is 0 Å². The minimum Gasteiger partial charge on any atom is -0.479 e. The maximum absolute atomic E-state index is 11.3. The van der Waals surface area contributed by atoms with Crippen molar-refractivity contribution >= 4 is 5.97 Å². The SMILES string of the molecule is CC(C)OC(C)(CCc1ccccc1)C(=O)O. The summed E-state index contributed by atoms with van der Waals surface area (Å²) >= 11 is 0. The highest BCUT2D eigenvalue weighted by Crippen LogP contribution is 2.21. The summed E-state index contributed by atoms with van der Waals surface area (Å²) in [5.74, 6) is -0.901. The summed E-state index contributed by atoms with van der Waals surface area (Å²) in [6, 6.07) is 9.85. The van der Waals surface area contributed by atoms with Gasteiger partial charge in [0.1, 0.15) is 0 Å². The van der Waals surface area contributed by atoms with Gasteiger partial charge in [-0.05, 0) is 39.2 Å². The van der Waals surface area contributed by atoms with Crippen LogP contribution in [0.2, 0.25) is 0 Å². The summed E-state index contributed by atoms with van der Waals surface area (Å²) in [5.41, 5.74) is 0.0247. The van der Waals surface area contributed by atoms with E-state index >= 15 is 0 Å². The van der Waals surface area contributed by atoms with E-state index in [0.717, 1.165) is 5.56 Å². The maximum atomic E-state index is 11.3. The zero-order chi connectivity index (χ0) is 12.9. The molecule has 1 atom stereocenters. The predicted octanol–water partition coefficient (Wildman–Crippen LogP) is 2.89. The highest BCUT2D eigenvalue weighted by Gasteiger charge is 2.34. The minimum absolute atomic E-state index is 0.0909. The highest BCUT2D eigenvalue weighted by atomic mass is 16.5. The largest absolute Gasteiger partial charge is 0.479 e. The maximum Gasteiger partial charge on any atom is 0.335 e. The van der Waals surface area contributed by atoms with Gasteiger partial charge in [0.05, 0.1) is 6.10 Å². The first-order valence-corrected chi connectivity index (χ1v) is 5.89. The molecule has 1 unspecified atom stereocenters. The van der Waals surface area contributed by atoms with Gasteiger partial charge in [0.25, 0.3) is 0 Å². The van der Waals surface area contributed by atoms with Gasteiger partial charge in [0, 0.05) is 0 Å². The van der Waals surface area contributed by atoms with Gasteiger partial charge in [0.2, 0.25) is 0 Å². The first kappa shape index (κ1) is 13.7. The van der Waals surface area contributed by atoms with Gasteiger partial charge in [0.15, 0.2) is 5.60 Å². The van der Waals surface area contributed by atoms with Crippen LogP contribution in [0.1, 0.15) is 32.8 Å². The second-order valence-corrected chi connectivity index (χ2v) is 4.69. The van der Waals surface area contributed by atoms with Gasteiger partial charge < -0.3 is 9.84 Å². The molecule has 0 aliphatic heterocycles. The van der Waals surface area contributed by atoms with Crippen molar-refractivity contribution in [1.82, 2.24) is 0 Å². The molecule has 3 nitrogen and oxygen atoms in total. The fourth-order valence-electron chi connectivity index (χ4n) is 1.76. The number of carboxylic acids is 1. The normalized spacial score (nSPS) is 14.6. The van der Waals surface area contributed by atoms with E-state index in [1.807, 2.05) is 44.2 Å². The van der Waals surface area contributed by atoms with Crippen LogP contribution in [0.5, 0.6) is 0 Å². The molecule has 0 radical (unpaired) electrons. The number of benzene rings is 1. The fraction of sp³-hybridized carbons (Fsp3) is 0.500. The minimum atomic E-state index is -1.11. The molecule has 0 saturated heterocycles. The van der Waals surface area contributed by atoms with Crippen LogP contribution >= 0.6 is 0 Å². The molecular weight excluding hydrogens is 216 g/mol. The lowest BCUT2D eigenvalue weighted by Crippen LogP contribution is -2.40. The summed E-state index contributed by atoms with van der Waals surface area (Å²) in [5, 5.41) is 9.23. The lowest BCUT2D eigenvalue weighted by molar-refractivity contribution is -0.169. The monoisotopic (exact) mass is 236 g/mol. The Kier molecular flexibility index (Phi) is 4.70. The van der Waals surface area contributed by atoms with Crippen LogP contribution in [-0.2, 0) is 16.0 Å². The Balaban J connectivity index is 2.65. The molecule has 1 aromatic rings. The third-order valence-corrected chi connectivity index (χ3v) is 2.68. The Morgan fingerprint density at radius 1 is 1.35 bits per heavy atom. The first-order valence-electron chi connectivity index (χ1n) is 5.89. The van der Waals surface area contributed by atoms with Crippen molar-refractivity contribution in [2.75, 3.05) is 0 Å². The molecular formula is C14H20O3. The number of aryl methyl sites for hydroxylation is 1. The van der Waals surface area contributed by atoms with E-state index in [1.54, 1.807) is 6.92 Å².